The lowest BCUT2D eigenvalue weighted by Crippen LogP contribution is -2.37. The molecule has 3 aliphatic rings. The van der Waals surface area contributed by atoms with Crippen molar-refractivity contribution in [3.8, 4) is 0 Å². The lowest BCUT2D eigenvalue weighted by atomic mass is 9.78. The highest BCUT2D eigenvalue weighted by atomic mass is 19.1. The molecule has 2 heterocycles. The molecule has 1 unspecified atom stereocenters. The van der Waals surface area contributed by atoms with Crippen molar-refractivity contribution in [2.45, 2.75) is 64.8 Å². The summed E-state index contributed by atoms with van der Waals surface area (Å²) in [6, 6.07) is 10.7. The van der Waals surface area contributed by atoms with Gasteiger partial charge >= 0.3 is 0 Å². The fourth-order valence-electron chi connectivity index (χ4n) is 6.01. The number of nitrogens with one attached hydrogen (secondary N) is 2. The van der Waals surface area contributed by atoms with Crippen LogP contribution in [0.1, 0.15) is 57.9 Å². The summed E-state index contributed by atoms with van der Waals surface area (Å²) in [5.74, 6) is 0.685. The molecule has 0 spiro atoms. The average Bonchev–Trinajstić information content (AvgIpc) is 3.49. The van der Waals surface area contributed by atoms with E-state index in [-0.39, 0.29) is 17.8 Å². The molecule has 5 nitrogen and oxygen atoms in total. The molecule has 1 amide bonds. The number of fused-ring (bicyclic) bond motifs is 1. The van der Waals surface area contributed by atoms with Gasteiger partial charge < -0.3 is 10.7 Å². The van der Waals surface area contributed by atoms with Crippen molar-refractivity contribution in [2.24, 2.45) is 11.8 Å². The Balaban J connectivity index is 1.27. The predicted octanol–water partition coefficient (Wildman–Crippen LogP) is 5.98. The predicted molar refractivity (Wildman–Crippen MR) is 141 cm³/mol. The topological polar surface area (TPSA) is 57.3 Å². The fraction of sp³-hybridized carbons (Fsp3) is 0.400. The van der Waals surface area contributed by atoms with Crippen molar-refractivity contribution >= 4 is 11.6 Å². The summed E-state index contributed by atoms with van der Waals surface area (Å²) < 4.78 is 13.4. The van der Waals surface area contributed by atoms with E-state index in [4.69, 9.17) is 0 Å². The standard InChI is InChI=1S/C30H35FN4O/c1-3-5-25(34-29(36)14-7-21-6-4-15-32-18-21)16-22-8-9-23-17-28-27(20(2)30(22)23)19-33-35(28)26-12-10-24(31)11-13-26/h4,6,10-13,15,17-20,22,25,33H,3,5,7-9,14,16H2,1-2H3,(H,34,36)/t20-,22+,25?/m0/s1. The molecule has 0 saturated carbocycles. The molecular formula is C30H35FN4O. The van der Waals surface area contributed by atoms with Crippen LogP contribution in [0.5, 0.6) is 0 Å². The molecule has 0 bridgehead atoms. The Hall–Kier alpha value is -3.41. The summed E-state index contributed by atoms with van der Waals surface area (Å²) in [5.41, 5.74) is 10.8. The highest BCUT2D eigenvalue weighted by Gasteiger charge is 2.38. The van der Waals surface area contributed by atoms with Crippen LogP contribution >= 0.6 is 0 Å². The van der Waals surface area contributed by atoms with E-state index < -0.39 is 0 Å². The fourth-order valence-corrected chi connectivity index (χ4v) is 6.01. The Labute approximate surface area is 213 Å². The molecule has 0 radical (unpaired) electrons. The van der Waals surface area contributed by atoms with Gasteiger partial charge in [0.1, 0.15) is 5.82 Å². The number of carbonyl (C=O) groups is 1. The Morgan fingerprint density at radius 2 is 2.11 bits per heavy atom. The lowest BCUT2D eigenvalue weighted by Gasteiger charge is -2.31. The van der Waals surface area contributed by atoms with Gasteiger partial charge in [-0.05, 0) is 85.6 Å². The number of nitrogens with zero attached hydrogens (tertiary/aromatic N) is 2. The van der Waals surface area contributed by atoms with Gasteiger partial charge in [0.15, 0.2) is 0 Å². The Bertz CT molecular complexity index is 1190. The number of hydrogen-bond donors (Lipinski definition) is 2. The van der Waals surface area contributed by atoms with Gasteiger partial charge in [0, 0.05) is 42.5 Å². The maximum Gasteiger partial charge on any atom is 0.220 e. The SMILES string of the molecule is CCCC(C[C@H]1CCC2=C1[C@@H](C)C1=CNN(c3ccc(F)cc3)C1=C2)NC(=O)CCc1cccnc1. The molecule has 3 atom stereocenters. The summed E-state index contributed by atoms with van der Waals surface area (Å²) in [7, 11) is 0. The number of aromatic nitrogens is 1. The van der Waals surface area contributed by atoms with Crippen LogP contribution in [0.15, 0.2) is 83.5 Å². The molecular weight excluding hydrogens is 451 g/mol. The third kappa shape index (κ3) is 5.08. The Morgan fingerprint density at radius 3 is 2.86 bits per heavy atom. The number of pyridine rings is 1. The molecule has 1 aromatic heterocycles. The second kappa shape index (κ2) is 10.7. The second-order valence-electron chi connectivity index (χ2n) is 10.2. The van der Waals surface area contributed by atoms with Crippen LogP contribution in [0.3, 0.4) is 0 Å². The largest absolute Gasteiger partial charge is 0.353 e. The minimum Gasteiger partial charge on any atom is -0.353 e. The zero-order valence-electron chi connectivity index (χ0n) is 21.1. The van der Waals surface area contributed by atoms with Gasteiger partial charge in [-0.2, -0.15) is 0 Å². The van der Waals surface area contributed by atoms with Gasteiger partial charge in [0.2, 0.25) is 5.91 Å². The van der Waals surface area contributed by atoms with Gasteiger partial charge in [-0.15, -0.1) is 0 Å². The quantitative estimate of drug-likeness (QED) is 0.458. The molecule has 0 saturated heterocycles. The number of carbonyl (C=O) groups excluding carboxylic acids is 1. The van der Waals surface area contributed by atoms with Gasteiger partial charge in [-0.25, -0.2) is 4.39 Å². The number of hydrogen-bond acceptors (Lipinski definition) is 4. The van der Waals surface area contributed by atoms with Crippen LogP contribution in [-0.4, -0.2) is 16.9 Å². The second-order valence-corrected chi connectivity index (χ2v) is 10.2. The number of rotatable bonds is 9. The minimum absolute atomic E-state index is 0.126. The smallest absolute Gasteiger partial charge is 0.220 e. The van der Waals surface area contributed by atoms with Crippen LogP contribution in [0.4, 0.5) is 10.1 Å². The van der Waals surface area contributed by atoms with E-state index in [0.29, 0.717) is 24.7 Å². The summed E-state index contributed by atoms with van der Waals surface area (Å²) >= 11 is 0. The summed E-state index contributed by atoms with van der Waals surface area (Å²) in [6.07, 6.45) is 14.4. The first-order chi connectivity index (χ1) is 17.5. The van der Waals surface area contributed by atoms with Crippen LogP contribution in [0.2, 0.25) is 0 Å². The van der Waals surface area contributed by atoms with Crippen molar-refractivity contribution in [2.75, 3.05) is 5.01 Å². The zero-order valence-corrected chi connectivity index (χ0v) is 21.1. The Morgan fingerprint density at radius 1 is 1.28 bits per heavy atom. The van der Waals surface area contributed by atoms with Crippen molar-refractivity contribution in [3.05, 3.63) is 94.9 Å². The maximum absolute atomic E-state index is 13.4. The molecule has 36 heavy (non-hydrogen) atoms. The first-order valence-electron chi connectivity index (χ1n) is 13.2. The van der Waals surface area contributed by atoms with Gasteiger partial charge in [0.25, 0.3) is 0 Å². The molecule has 1 aliphatic heterocycles. The molecule has 1 aromatic carbocycles. The van der Waals surface area contributed by atoms with Gasteiger partial charge in [-0.1, -0.05) is 31.9 Å². The van der Waals surface area contributed by atoms with Crippen LogP contribution in [0.25, 0.3) is 0 Å². The highest BCUT2D eigenvalue weighted by molar-refractivity contribution is 5.76. The van der Waals surface area contributed by atoms with Crippen molar-refractivity contribution in [1.82, 2.24) is 15.7 Å². The molecule has 2 N–H and O–H groups in total. The van der Waals surface area contributed by atoms with E-state index >= 15 is 0 Å². The Kier molecular flexibility index (Phi) is 7.21. The zero-order chi connectivity index (χ0) is 25.1. The van der Waals surface area contributed by atoms with Crippen molar-refractivity contribution < 1.29 is 9.18 Å². The van der Waals surface area contributed by atoms with Gasteiger partial charge in [0.05, 0.1) is 11.4 Å². The van der Waals surface area contributed by atoms with E-state index in [9.17, 15) is 9.18 Å². The van der Waals surface area contributed by atoms with E-state index in [1.54, 1.807) is 18.3 Å². The monoisotopic (exact) mass is 486 g/mol. The number of amides is 1. The molecule has 2 aromatic rings. The van der Waals surface area contributed by atoms with Crippen LogP contribution in [0, 0.1) is 17.7 Å². The molecule has 188 valence electrons. The summed E-state index contributed by atoms with van der Waals surface area (Å²) in [4.78, 5) is 16.9. The average molecular weight is 487 g/mol. The number of hydrazine groups is 1. The number of anilines is 1. The van der Waals surface area contributed by atoms with Crippen molar-refractivity contribution in [1.29, 1.82) is 0 Å². The van der Waals surface area contributed by atoms with Crippen molar-refractivity contribution in [3.63, 3.8) is 0 Å². The minimum atomic E-state index is -0.230. The molecule has 0 fully saturated rings. The number of allylic oxidation sites excluding steroid dienone is 4. The van der Waals surface area contributed by atoms with E-state index in [1.165, 1.54) is 28.9 Å². The van der Waals surface area contributed by atoms with E-state index in [2.05, 4.69) is 41.9 Å². The lowest BCUT2D eigenvalue weighted by molar-refractivity contribution is -0.121. The first kappa shape index (κ1) is 24.3. The van der Waals surface area contributed by atoms with Gasteiger partial charge in [-0.3, -0.25) is 14.8 Å². The van der Waals surface area contributed by atoms with Crippen LogP contribution < -0.4 is 15.8 Å². The maximum atomic E-state index is 13.4. The summed E-state index contributed by atoms with van der Waals surface area (Å²) in [5, 5.41) is 5.39. The van der Waals surface area contributed by atoms with Crippen LogP contribution in [-0.2, 0) is 11.2 Å². The molecule has 5 rings (SSSR count). The number of aryl methyl sites for hydroxylation is 1. The van der Waals surface area contributed by atoms with E-state index in [0.717, 1.165) is 49.1 Å². The normalized spacial score (nSPS) is 21.4. The third-order valence-electron chi connectivity index (χ3n) is 7.72. The third-order valence-corrected chi connectivity index (χ3v) is 7.72. The molecule has 6 heteroatoms. The molecule has 2 aliphatic carbocycles. The number of benzene rings is 1. The number of halogens is 1. The first-order valence-corrected chi connectivity index (χ1v) is 13.2. The van der Waals surface area contributed by atoms with E-state index in [1.807, 2.05) is 23.3 Å². The highest BCUT2D eigenvalue weighted by Crippen LogP contribution is 2.49. The summed E-state index contributed by atoms with van der Waals surface area (Å²) in [6.45, 7) is 4.48.